The molecule has 0 fully saturated rings. The van der Waals surface area contributed by atoms with E-state index >= 15 is 0 Å². The van der Waals surface area contributed by atoms with Crippen LogP contribution in [0, 0.1) is 5.82 Å². The third-order valence-corrected chi connectivity index (χ3v) is 3.66. The van der Waals surface area contributed by atoms with Gasteiger partial charge in [-0.2, -0.15) is 13.2 Å². The Morgan fingerprint density at radius 3 is 2.63 bits per heavy atom. The van der Waals surface area contributed by atoms with Crippen LogP contribution in [0.1, 0.15) is 15.9 Å². The Morgan fingerprint density at radius 2 is 1.93 bits per heavy atom. The molecular formula is C18H13F4N3O2. The molecule has 1 amide bonds. The lowest BCUT2D eigenvalue weighted by Gasteiger charge is -2.10. The molecule has 2 aromatic heterocycles. The van der Waals surface area contributed by atoms with Crippen molar-refractivity contribution >= 4 is 16.8 Å². The Kier molecular flexibility index (Phi) is 5.20. The van der Waals surface area contributed by atoms with Crippen molar-refractivity contribution in [2.45, 2.75) is 6.18 Å². The van der Waals surface area contributed by atoms with Gasteiger partial charge < -0.3 is 10.1 Å². The molecule has 0 aliphatic heterocycles. The van der Waals surface area contributed by atoms with E-state index in [1.165, 1.54) is 24.4 Å². The van der Waals surface area contributed by atoms with Gasteiger partial charge in [0, 0.05) is 23.8 Å². The molecule has 27 heavy (non-hydrogen) atoms. The molecule has 0 atom stereocenters. The summed E-state index contributed by atoms with van der Waals surface area (Å²) in [6.45, 7) is 0.0733. The molecule has 2 heterocycles. The van der Waals surface area contributed by atoms with Crippen LogP contribution >= 0.6 is 0 Å². The third-order valence-electron chi connectivity index (χ3n) is 3.66. The van der Waals surface area contributed by atoms with Crippen molar-refractivity contribution in [3.63, 3.8) is 0 Å². The number of halogens is 4. The number of nitrogens with zero attached hydrogens (tertiary/aromatic N) is 2. The fourth-order valence-corrected chi connectivity index (χ4v) is 2.37. The minimum atomic E-state index is -4.47. The van der Waals surface area contributed by atoms with E-state index < -0.39 is 23.5 Å². The van der Waals surface area contributed by atoms with Crippen molar-refractivity contribution in [3.8, 4) is 5.88 Å². The van der Waals surface area contributed by atoms with Crippen molar-refractivity contribution in [2.75, 3.05) is 13.2 Å². The van der Waals surface area contributed by atoms with Crippen LogP contribution in [-0.2, 0) is 6.18 Å². The monoisotopic (exact) mass is 379 g/mol. The molecule has 0 bridgehead atoms. The second-order valence-electron chi connectivity index (χ2n) is 5.48. The van der Waals surface area contributed by atoms with Gasteiger partial charge in [0.05, 0.1) is 23.2 Å². The van der Waals surface area contributed by atoms with Crippen molar-refractivity contribution in [1.29, 1.82) is 0 Å². The van der Waals surface area contributed by atoms with Crippen LogP contribution in [0.15, 0.2) is 48.8 Å². The summed E-state index contributed by atoms with van der Waals surface area (Å²) >= 11 is 0. The molecule has 140 valence electrons. The number of fused-ring (bicyclic) bond motifs is 1. The molecule has 0 radical (unpaired) electrons. The minimum Gasteiger partial charge on any atom is -0.476 e. The fourth-order valence-electron chi connectivity index (χ4n) is 2.37. The van der Waals surface area contributed by atoms with Crippen molar-refractivity contribution in [2.24, 2.45) is 0 Å². The van der Waals surface area contributed by atoms with E-state index in [0.717, 1.165) is 12.1 Å². The van der Waals surface area contributed by atoms with Crippen LogP contribution in [0.5, 0.6) is 5.88 Å². The molecule has 0 unspecified atom stereocenters. The number of hydrogen-bond acceptors (Lipinski definition) is 4. The molecular weight excluding hydrogens is 366 g/mol. The molecule has 0 spiro atoms. The van der Waals surface area contributed by atoms with Crippen LogP contribution in [0.2, 0.25) is 0 Å². The predicted octanol–water partition coefficient (Wildman–Crippen LogP) is 3.60. The molecule has 5 nitrogen and oxygen atoms in total. The number of carbonyl (C=O) groups is 1. The molecule has 0 saturated heterocycles. The van der Waals surface area contributed by atoms with Crippen LogP contribution in [0.25, 0.3) is 10.9 Å². The van der Waals surface area contributed by atoms with Gasteiger partial charge >= 0.3 is 6.18 Å². The first-order valence-corrected chi connectivity index (χ1v) is 7.84. The summed E-state index contributed by atoms with van der Waals surface area (Å²) in [5.41, 5.74) is -0.432. The van der Waals surface area contributed by atoms with Gasteiger partial charge in [0.25, 0.3) is 5.91 Å². The maximum Gasteiger partial charge on any atom is 0.417 e. The number of amides is 1. The van der Waals surface area contributed by atoms with Gasteiger partial charge in [-0.1, -0.05) is 0 Å². The van der Waals surface area contributed by atoms with Gasteiger partial charge in [-0.05, 0) is 30.3 Å². The fraction of sp³-hybridized carbons (Fsp3) is 0.167. The summed E-state index contributed by atoms with van der Waals surface area (Å²) < 4.78 is 56.3. The zero-order valence-corrected chi connectivity index (χ0v) is 13.8. The Morgan fingerprint density at radius 1 is 1.11 bits per heavy atom. The van der Waals surface area contributed by atoms with Gasteiger partial charge in [0.15, 0.2) is 0 Å². The number of rotatable bonds is 5. The first kappa shape index (κ1) is 18.6. The first-order chi connectivity index (χ1) is 12.9. The highest BCUT2D eigenvalue weighted by molar-refractivity contribution is 6.05. The Hall–Kier alpha value is -3.23. The summed E-state index contributed by atoms with van der Waals surface area (Å²) in [5.74, 6) is -0.944. The van der Waals surface area contributed by atoms with Crippen LogP contribution in [-0.4, -0.2) is 29.0 Å². The van der Waals surface area contributed by atoms with E-state index in [-0.39, 0.29) is 35.5 Å². The van der Waals surface area contributed by atoms with Gasteiger partial charge in [-0.15, -0.1) is 0 Å². The Labute approximate surface area is 151 Å². The number of aromatic nitrogens is 2. The number of carbonyl (C=O) groups excluding carboxylic acids is 1. The molecule has 0 aliphatic carbocycles. The number of benzene rings is 1. The lowest BCUT2D eigenvalue weighted by atomic mass is 10.1. The molecule has 1 N–H and O–H groups in total. The molecule has 3 rings (SSSR count). The van der Waals surface area contributed by atoms with Gasteiger partial charge in [-0.3, -0.25) is 9.78 Å². The standard InChI is InChI=1S/C18H13F4N3O2/c19-14-5-4-13(16-12(14)2-1-7-23-16)17(26)24-8-9-27-15-6-3-11(10-25-15)18(20,21)22/h1-7,10H,8-9H2,(H,24,26). The zero-order chi connectivity index (χ0) is 19.4. The SMILES string of the molecule is O=C(NCCOc1ccc(C(F)(F)F)cn1)c1ccc(F)c2cccnc12. The van der Waals surface area contributed by atoms with Crippen molar-refractivity contribution < 1.29 is 27.1 Å². The van der Waals surface area contributed by atoms with Gasteiger partial charge in [0.2, 0.25) is 5.88 Å². The summed E-state index contributed by atoms with van der Waals surface area (Å²) in [4.78, 5) is 19.9. The second-order valence-corrected chi connectivity index (χ2v) is 5.48. The third kappa shape index (κ3) is 4.30. The topological polar surface area (TPSA) is 64.1 Å². The smallest absolute Gasteiger partial charge is 0.417 e. The summed E-state index contributed by atoms with van der Waals surface area (Å²) in [6.07, 6.45) is -2.34. The van der Waals surface area contributed by atoms with E-state index in [1.54, 1.807) is 6.07 Å². The Balaban J connectivity index is 1.57. The molecule has 3 aromatic rings. The molecule has 0 aliphatic rings. The summed E-state index contributed by atoms with van der Waals surface area (Å²) in [5, 5.41) is 2.81. The maximum atomic E-state index is 13.8. The first-order valence-electron chi connectivity index (χ1n) is 7.84. The molecule has 9 heteroatoms. The maximum absolute atomic E-state index is 13.8. The number of hydrogen-bond donors (Lipinski definition) is 1. The second kappa shape index (κ2) is 7.56. The van der Waals surface area contributed by atoms with E-state index in [2.05, 4.69) is 15.3 Å². The number of alkyl halides is 3. The highest BCUT2D eigenvalue weighted by Gasteiger charge is 2.30. The largest absolute Gasteiger partial charge is 0.476 e. The quantitative estimate of drug-likeness (QED) is 0.544. The molecule has 1 aromatic carbocycles. The highest BCUT2D eigenvalue weighted by Crippen LogP contribution is 2.29. The number of pyridine rings is 2. The van der Waals surface area contributed by atoms with Crippen LogP contribution in [0.4, 0.5) is 17.6 Å². The van der Waals surface area contributed by atoms with Gasteiger partial charge in [-0.25, -0.2) is 9.37 Å². The van der Waals surface area contributed by atoms with E-state index in [9.17, 15) is 22.4 Å². The summed E-state index contributed by atoms with van der Waals surface area (Å²) in [6, 6.07) is 7.56. The highest BCUT2D eigenvalue weighted by atomic mass is 19.4. The van der Waals surface area contributed by atoms with E-state index in [0.29, 0.717) is 6.20 Å². The molecule has 0 saturated carbocycles. The average Bonchev–Trinajstić information content (AvgIpc) is 2.65. The summed E-state index contributed by atoms with van der Waals surface area (Å²) in [7, 11) is 0. The van der Waals surface area contributed by atoms with E-state index in [4.69, 9.17) is 4.74 Å². The average molecular weight is 379 g/mol. The van der Waals surface area contributed by atoms with Crippen LogP contribution in [0.3, 0.4) is 0 Å². The minimum absolute atomic E-state index is 0.00331. The van der Waals surface area contributed by atoms with E-state index in [1.807, 2.05) is 0 Å². The van der Waals surface area contributed by atoms with Gasteiger partial charge in [0.1, 0.15) is 12.4 Å². The zero-order valence-electron chi connectivity index (χ0n) is 13.8. The lowest BCUT2D eigenvalue weighted by Crippen LogP contribution is -2.28. The predicted molar refractivity (Wildman–Crippen MR) is 88.8 cm³/mol. The van der Waals surface area contributed by atoms with Crippen LogP contribution < -0.4 is 10.1 Å². The van der Waals surface area contributed by atoms with Crippen molar-refractivity contribution in [3.05, 3.63) is 65.7 Å². The van der Waals surface area contributed by atoms with Crippen molar-refractivity contribution in [1.82, 2.24) is 15.3 Å². The lowest BCUT2D eigenvalue weighted by molar-refractivity contribution is -0.137. The number of ether oxygens (including phenoxy) is 1. The normalized spacial score (nSPS) is 11.4. The number of nitrogens with one attached hydrogen (secondary N) is 1. The Bertz CT molecular complexity index is 959.